The Kier molecular flexibility index (Phi) is 9.83. The van der Waals surface area contributed by atoms with Crippen LogP contribution in [0.25, 0.3) is 0 Å². The summed E-state index contributed by atoms with van der Waals surface area (Å²) in [6.07, 6.45) is 1.82. The summed E-state index contributed by atoms with van der Waals surface area (Å²) < 4.78 is 5.46. The number of benzene rings is 2. The number of nitrogens with zero attached hydrogens (tertiary/aromatic N) is 1. The molecule has 3 amide bonds. The first-order chi connectivity index (χ1) is 18.4. The van der Waals surface area contributed by atoms with Crippen LogP contribution in [0.3, 0.4) is 0 Å². The summed E-state index contributed by atoms with van der Waals surface area (Å²) in [5.41, 5.74) is 0.517. The zero-order valence-electron chi connectivity index (χ0n) is 23.4. The normalized spacial score (nSPS) is 18.0. The van der Waals surface area contributed by atoms with Gasteiger partial charge in [0.25, 0.3) is 0 Å². The van der Waals surface area contributed by atoms with Crippen molar-refractivity contribution in [1.29, 1.82) is 0 Å². The number of amides is 3. The second kappa shape index (κ2) is 12.9. The quantitative estimate of drug-likeness (QED) is 0.313. The standard InChI is InChI=1S/C30H41N3O6/c1-6-7-16-31-27(36)26(21-10-14-23(35)15-11-21)33(25-17-19(25)2)28(37)24(32-29(38)39-30(3,4)5)18-20-8-12-22(34)13-9-20/h8-15,19,24-26,34-35H,6-7,16-18H2,1-5H3,(H,31,36)(H,32,38). The van der Waals surface area contributed by atoms with Gasteiger partial charge >= 0.3 is 6.09 Å². The van der Waals surface area contributed by atoms with Crippen LogP contribution >= 0.6 is 0 Å². The Balaban J connectivity index is 2.00. The van der Waals surface area contributed by atoms with Crippen molar-refractivity contribution < 1.29 is 29.3 Å². The zero-order valence-corrected chi connectivity index (χ0v) is 23.4. The Morgan fingerprint density at radius 1 is 1.03 bits per heavy atom. The molecule has 212 valence electrons. The number of phenols is 2. The van der Waals surface area contributed by atoms with Crippen LogP contribution in [0.1, 0.15) is 71.0 Å². The fourth-order valence-corrected chi connectivity index (χ4v) is 4.45. The van der Waals surface area contributed by atoms with Crippen molar-refractivity contribution in [1.82, 2.24) is 15.5 Å². The van der Waals surface area contributed by atoms with Gasteiger partial charge in [0.1, 0.15) is 29.2 Å². The van der Waals surface area contributed by atoms with Gasteiger partial charge in [0.05, 0.1) is 0 Å². The summed E-state index contributed by atoms with van der Waals surface area (Å²) in [7, 11) is 0. The lowest BCUT2D eigenvalue weighted by Gasteiger charge is -2.35. The minimum absolute atomic E-state index is 0.0540. The number of hydrogen-bond donors (Lipinski definition) is 4. The van der Waals surface area contributed by atoms with Gasteiger partial charge in [-0.3, -0.25) is 9.59 Å². The zero-order chi connectivity index (χ0) is 28.7. The SMILES string of the molecule is CCCCNC(=O)C(c1ccc(O)cc1)N(C(=O)C(Cc1ccc(O)cc1)NC(=O)OC(C)(C)C)C1CC1C. The number of hydrogen-bond acceptors (Lipinski definition) is 6. The Morgan fingerprint density at radius 2 is 1.59 bits per heavy atom. The molecule has 2 aromatic carbocycles. The number of carbonyl (C=O) groups excluding carboxylic acids is 3. The van der Waals surface area contributed by atoms with Crippen molar-refractivity contribution in [2.45, 2.75) is 84.0 Å². The van der Waals surface area contributed by atoms with E-state index >= 15 is 0 Å². The maximum atomic E-state index is 14.3. The van der Waals surface area contributed by atoms with Gasteiger partial charge in [0.15, 0.2) is 0 Å². The predicted molar refractivity (Wildman–Crippen MR) is 148 cm³/mol. The Bertz CT molecular complexity index is 1130. The topological polar surface area (TPSA) is 128 Å². The minimum atomic E-state index is -1.03. The van der Waals surface area contributed by atoms with Crippen LogP contribution in [-0.4, -0.2) is 57.3 Å². The molecule has 0 saturated heterocycles. The highest BCUT2D eigenvalue weighted by Crippen LogP contribution is 2.41. The number of unbranched alkanes of at least 4 members (excludes halogenated alkanes) is 1. The lowest BCUT2D eigenvalue weighted by molar-refractivity contribution is -0.143. The van der Waals surface area contributed by atoms with Crippen LogP contribution in [0.5, 0.6) is 11.5 Å². The molecule has 0 aliphatic heterocycles. The molecular formula is C30H41N3O6. The first kappa shape index (κ1) is 29.8. The van der Waals surface area contributed by atoms with Crippen molar-refractivity contribution in [2.75, 3.05) is 6.54 Å². The summed E-state index contributed by atoms with van der Waals surface area (Å²) in [5.74, 6) is -0.410. The van der Waals surface area contributed by atoms with E-state index in [2.05, 4.69) is 10.6 Å². The summed E-state index contributed by atoms with van der Waals surface area (Å²) in [6, 6.07) is 10.5. The average Bonchev–Trinajstić information content (AvgIpc) is 3.58. The first-order valence-electron chi connectivity index (χ1n) is 13.6. The van der Waals surface area contributed by atoms with E-state index in [-0.39, 0.29) is 35.8 Å². The molecule has 39 heavy (non-hydrogen) atoms. The summed E-state index contributed by atoms with van der Waals surface area (Å²) >= 11 is 0. The van der Waals surface area contributed by atoms with Crippen LogP contribution in [0.15, 0.2) is 48.5 Å². The van der Waals surface area contributed by atoms with Crippen LogP contribution in [0.2, 0.25) is 0 Å². The highest BCUT2D eigenvalue weighted by molar-refractivity contribution is 5.92. The predicted octanol–water partition coefficient (Wildman–Crippen LogP) is 4.43. The van der Waals surface area contributed by atoms with E-state index in [9.17, 15) is 24.6 Å². The summed E-state index contributed by atoms with van der Waals surface area (Å²) in [5, 5.41) is 25.3. The maximum Gasteiger partial charge on any atom is 0.408 e. The Hall–Kier alpha value is -3.75. The van der Waals surface area contributed by atoms with Crippen molar-refractivity contribution in [3.63, 3.8) is 0 Å². The lowest BCUT2D eigenvalue weighted by Crippen LogP contribution is -2.54. The molecule has 0 aromatic heterocycles. The van der Waals surface area contributed by atoms with Gasteiger partial charge in [0.2, 0.25) is 11.8 Å². The molecule has 9 heteroatoms. The number of carbonyl (C=O) groups is 3. The van der Waals surface area contributed by atoms with Crippen molar-refractivity contribution in [2.24, 2.45) is 5.92 Å². The maximum absolute atomic E-state index is 14.3. The fraction of sp³-hybridized carbons (Fsp3) is 0.500. The van der Waals surface area contributed by atoms with Crippen molar-refractivity contribution in [3.05, 3.63) is 59.7 Å². The Labute approximate surface area is 230 Å². The number of ether oxygens (including phenoxy) is 1. The van der Waals surface area contributed by atoms with E-state index in [0.29, 0.717) is 12.1 Å². The van der Waals surface area contributed by atoms with Crippen LogP contribution in [0.4, 0.5) is 4.79 Å². The number of aromatic hydroxyl groups is 2. The van der Waals surface area contributed by atoms with E-state index in [0.717, 1.165) is 24.8 Å². The molecule has 9 nitrogen and oxygen atoms in total. The number of rotatable bonds is 11. The highest BCUT2D eigenvalue weighted by Gasteiger charge is 2.48. The van der Waals surface area contributed by atoms with Gasteiger partial charge in [-0.15, -0.1) is 0 Å². The van der Waals surface area contributed by atoms with Crippen molar-refractivity contribution >= 4 is 17.9 Å². The van der Waals surface area contributed by atoms with Gasteiger partial charge in [-0.05, 0) is 74.9 Å². The second-order valence-electron chi connectivity index (χ2n) is 11.2. The third-order valence-corrected chi connectivity index (χ3v) is 6.61. The summed E-state index contributed by atoms with van der Waals surface area (Å²) in [6.45, 7) is 9.74. The lowest BCUT2D eigenvalue weighted by atomic mass is 9.99. The molecule has 1 fully saturated rings. The molecule has 4 N–H and O–H groups in total. The monoisotopic (exact) mass is 539 g/mol. The van der Waals surface area contributed by atoms with Crippen LogP contribution < -0.4 is 10.6 Å². The smallest absolute Gasteiger partial charge is 0.408 e. The van der Waals surface area contributed by atoms with Crippen LogP contribution in [-0.2, 0) is 20.7 Å². The van der Waals surface area contributed by atoms with E-state index in [4.69, 9.17) is 4.74 Å². The molecule has 2 aromatic rings. The van der Waals surface area contributed by atoms with E-state index in [1.165, 1.54) is 24.3 Å². The molecule has 4 unspecified atom stereocenters. The highest BCUT2D eigenvalue weighted by atomic mass is 16.6. The third-order valence-electron chi connectivity index (χ3n) is 6.61. The molecule has 1 aliphatic carbocycles. The van der Waals surface area contributed by atoms with Gasteiger partial charge < -0.3 is 30.5 Å². The minimum Gasteiger partial charge on any atom is -0.508 e. The molecule has 1 saturated carbocycles. The number of nitrogens with one attached hydrogen (secondary N) is 2. The number of alkyl carbamates (subject to hydrolysis) is 1. The van der Waals surface area contributed by atoms with E-state index in [1.807, 2.05) is 13.8 Å². The first-order valence-corrected chi connectivity index (χ1v) is 13.6. The van der Waals surface area contributed by atoms with Gasteiger partial charge in [-0.25, -0.2) is 4.79 Å². The second-order valence-corrected chi connectivity index (χ2v) is 11.2. The molecule has 4 atom stereocenters. The average molecular weight is 540 g/mol. The van der Waals surface area contributed by atoms with E-state index in [1.54, 1.807) is 49.9 Å². The molecule has 0 heterocycles. The molecular weight excluding hydrogens is 498 g/mol. The van der Waals surface area contributed by atoms with E-state index < -0.39 is 29.7 Å². The number of phenolic OH excluding ortho intramolecular Hbond substituents is 2. The third kappa shape index (κ3) is 8.63. The van der Waals surface area contributed by atoms with Crippen LogP contribution in [0, 0.1) is 5.92 Å². The molecule has 3 rings (SSSR count). The van der Waals surface area contributed by atoms with Crippen molar-refractivity contribution in [3.8, 4) is 11.5 Å². The van der Waals surface area contributed by atoms with Gasteiger partial charge in [0, 0.05) is 19.0 Å². The summed E-state index contributed by atoms with van der Waals surface area (Å²) in [4.78, 5) is 42.4. The molecule has 1 aliphatic rings. The largest absolute Gasteiger partial charge is 0.508 e. The van der Waals surface area contributed by atoms with Gasteiger partial charge in [-0.1, -0.05) is 44.5 Å². The Morgan fingerprint density at radius 3 is 2.10 bits per heavy atom. The molecule has 0 spiro atoms. The fourth-order valence-electron chi connectivity index (χ4n) is 4.45. The van der Waals surface area contributed by atoms with Gasteiger partial charge in [-0.2, -0.15) is 0 Å². The molecule has 0 radical (unpaired) electrons. The molecule has 0 bridgehead atoms.